The van der Waals surface area contributed by atoms with E-state index in [9.17, 15) is 0 Å². The summed E-state index contributed by atoms with van der Waals surface area (Å²) in [6, 6.07) is 13.5. The predicted molar refractivity (Wildman–Crippen MR) is 72.7 cm³/mol. The number of nitrogens with zero attached hydrogens (tertiary/aromatic N) is 5. The summed E-state index contributed by atoms with van der Waals surface area (Å²) in [6.07, 6.45) is 3.07. The van der Waals surface area contributed by atoms with Gasteiger partial charge in [-0.25, -0.2) is 9.97 Å². The number of benzene rings is 1. The van der Waals surface area contributed by atoms with E-state index in [1.165, 1.54) is 6.33 Å². The van der Waals surface area contributed by atoms with Crippen molar-refractivity contribution in [2.45, 2.75) is 6.54 Å². The van der Waals surface area contributed by atoms with Gasteiger partial charge in [-0.15, -0.1) is 0 Å². The van der Waals surface area contributed by atoms with Gasteiger partial charge in [-0.2, -0.15) is 10.5 Å². The minimum absolute atomic E-state index is 0.104. The van der Waals surface area contributed by atoms with E-state index >= 15 is 0 Å². The Balaban J connectivity index is 1.88. The van der Waals surface area contributed by atoms with Gasteiger partial charge in [-0.3, -0.25) is 0 Å². The van der Waals surface area contributed by atoms with Crippen molar-refractivity contribution >= 4 is 0 Å². The van der Waals surface area contributed by atoms with Crippen LogP contribution < -0.4 is 0 Å². The quantitative estimate of drug-likeness (QED) is 0.731. The summed E-state index contributed by atoms with van der Waals surface area (Å²) >= 11 is 0. The smallest absolute Gasteiger partial charge is 0.214 e. The molecule has 0 aliphatic rings. The van der Waals surface area contributed by atoms with E-state index in [1.54, 1.807) is 10.8 Å². The van der Waals surface area contributed by atoms with Gasteiger partial charge in [0.1, 0.15) is 18.7 Å². The minimum Gasteiger partial charge on any atom is -0.439 e. The lowest BCUT2D eigenvalue weighted by atomic mass is 10.2. The second kappa shape index (κ2) is 5.32. The van der Waals surface area contributed by atoms with E-state index in [0.29, 0.717) is 11.7 Å². The SMILES string of the molecule is N#Cc1ncn(Cc2ncc(-c3ccccc3)o2)c1C#N. The maximum atomic E-state index is 9.07. The molecule has 6 heteroatoms. The van der Waals surface area contributed by atoms with Gasteiger partial charge in [-0.05, 0) is 0 Å². The third-order valence-electron chi connectivity index (χ3n) is 2.97. The lowest BCUT2D eigenvalue weighted by Gasteiger charge is -1.99. The lowest BCUT2D eigenvalue weighted by Crippen LogP contribution is -2.01. The molecule has 1 aromatic carbocycles. The molecule has 2 aromatic heterocycles. The van der Waals surface area contributed by atoms with Crippen molar-refractivity contribution in [3.63, 3.8) is 0 Å². The van der Waals surface area contributed by atoms with Crippen LogP contribution in [-0.2, 0) is 6.54 Å². The standard InChI is InChI=1S/C15H9N5O/c16-6-12-13(7-17)20(10-19-12)9-15-18-8-14(21-15)11-4-2-1-3-5-11/h1-5,8,10H,9H2. The number of hydrogen-bond donors (Lipinski definition) is 0. The fraction of sp³-hybridized carbons (Fsp3) is 0.0667. The van der Waals surface area contributed by atoms with E-state index < -0.39 is 0 Å². The fourth-order valence-electron chi connectivity index (χ4n) is 1.97. The van der Waals surface area contributed by atoms with Crippen LogP contribution in [0.5, 0.6) is 0 Å². The van der Waals surface area contributed by atoms with Crippen molar-refractivity contribution in [2.24, 2.45) is 0 Å². The van der Waals surface area contributed by atoms with E-state index in [4.69, 9.17) is 14.9 Å². The molecule has 0 fully saturated rings. The zero-order valence-electron chi connectivity index (χ0n) is 10.9. The molecule has 0 unspecified atom stereocenters. The van der Waals surface area contributed by atoms with Crippen molar-refractivity contribution in [3.05, 3.63) is 60.1 Å². The third kappa shape index (κ3) is 2.38. The second-order valence-electron chi connectivity index (χ2n) is 4.28. The van der Waals surface area contributed by atoms with Crippen LogP contribution in [0.3, 0.4) is 0 Å². The molecular formula is C15H9N5O. The summed E-state index contributed by atoms with van der Waals surface area (Å²) in [5.41, 5.74) is 1.24. The van der Waals surface area contributed by atoms with Gasteiger partial charge in [-0.1, -0.05) is 30.3 Å². The topological polar surface area (TPSA) is 91.4 Å². The molecule has 0 spiro atoms. The molecule has 0 bridgehead atoms. The Labute approximate surface area is 120 Å². The molecule has 21 heavy (non-hydrogen) atoms. The Morgan fingerprint density at radius 3 is 2.62 bits per heavy atom. The molecule has 0 aliphatic carbocycles. The first-order valence-electron chi connectivity index (χ1n) is 6.17. The molecule has 3 rings (SSSR count). The summed E-state index contributed by atoms with van der Waals surface area (Å²) in [5, 5.41) is 17.9. The first-order chi connectivity index (χ1) is 10.3. The zero-order valence-corrected chi connectivity index (χ0v) is 10.9. The zero-order chi connectivity index (χ0) is 14.7. The average molecular weight is 275 g/mol. The van der Waals surface area contributed by atoms with Gasteiger partial charge in [0.05, 0.1) is 12.5 Å². The highest BCUT2D eigenvalue weighted by Crippen LogP contribution is 2.20. The molecule has 100 valence electrons. The highest BCUT2D eigenvalue weighted by atomic mass is 16.4. The molecule has 0 aliphatic heterocycles. The summed E-state index contributed by atoms with van der Waals surface area (Å²) in [7, 11) is 0. The average Bonchev–Trinajstić information content (AvgIpc) is 3.15. The largest absolute Gasteiger partial charge is 0.439 e. The monoisotopic (exact) mass is 275 g/mol. The number of rotatable bonds is 3. The molecule has 0 amide bonds. The van der Waals surface area contributed by atoms with Gasteiger partial charge in [0.25, 0.3) is 0 Å². The number of aromatic nitrogens is 3. The van der Waals surface area contributed by atoms with Crippen LogP contribution in [0.1, 0.15) is 17.3 Å². The summed E-state index contributed by atoms with van der Waals surface area (Å²) in [5.74, 6) is 1.11. The van der Waals surface area contributed by atoms with Gasteiger partial charge in [0.2, 0.25) is 5.89 Å². The van der Waals surface area contributed by atoms with Crippen LogP contribution in [0.2, 0.25) is 0 Å². The number of imidazole rings is 1. The normalized spacial score (nSPS) is 10.0. The molecule has 0 radical (unpaired) electrons. The summed E-state index contributed by atoms with van der Waals surface area (Å²) < 4.78 is 7.20. The van der Waals surface area contributed by atoms with Crippen molar-refractivity contribution in [2.75, 3.05) is 0 Å². The molecular weight excluding hydrogens is 266 g/mol. The Bertz CT molecular complexity index is 848. The van der Waals surface area contributed by atoms with Gasteiger partial charge in [0, 0.05) is 5.56 Å². The number of hydrogen-bond acceptors (Lipinski definition) is 5. The first kappa shape index (κ1) is 12.6. The van der Waals surface area contributed by atoms with Gasteiger partial charge >= 0.3 is 0 Å². The molecule has 0 saturated heterocycles. The maximum Gasteiger partial charge on any atom is 0.214 e. The number of nitriles is 2. The first-order valence-corrected chi connectivity index (χ1v) is 6.17. The summed E-state index contributed by atoms with van der Waals surface area (Å²) in [4.78, 5) is 8.07. The van der Waals surface area contributed by atoms with Crippen molar-refractivity contribution in [1.29, 1.82) is 10.5 Å². The highest BCUT2D eigenvalue weighted by molar-refractivity contribution is 5.55. The van der Waals surface area contributed by atoms with E-state index in [0.717, 1.165) is 5.56 Å². The molecule has 6 nitrogen and oxygen atoms in total. The molecule has 2 heterocycles. The highest BCUT2D eigenvalue weighted by Gasteiger charge is 2.13. The van der Waals surface area contributed by atoms with Gasteiger partial charge < -0.3 is 8.98 Å². The van der Waals surface area contributed by atoms with Gasteiger partial charge in [0.15, 0.2) is 17.1 Å². The van der Waals surface area contributed by atoms with Crippen LogP contribution in [0.15, 0.2) is 47.3 Å². The molecule has 0 atom stereocenters. The third-order valence-corrected chi connectivity index (χ3v) is 2.97. The van der Waals surface area contributed by atoms with Crippen molar-refractivity contribution in [1.82, 2.24) is 14.5 Å². The Morgan fingerprint density at radius 1 is 1.10 bits per heavy atom. The van der Waals surface area contributed by atoms with Crippen LogP contribution in [0.4, 0.5) is 0 Å². The maximum absolute atomic E-state index is 9.07. The van der Waals surface area contributed by atoms with Crippen molar-refractivity contribution < 1.29 is 4.42 Å². The fourth-order valence-corrected chi connectivity index (χ4v) is 1.97. The van der Waals surface area contributed by atoms with E-state index in [1.807, 2.05) is 42.5 Å². The van der Waals surface area contributed by atoms with Crippen LogP contribution in [-0.4, -0.2) is 14.5 Å². The number of oxazole rings is 1. The Hall–Kier alpha value is -3.38. The van der Waals surface area contributed by atoms with Crippen LogP contribution >= 0.6 is 0 Å². The predicted octanol–water partition coefficient (Wildman–Crippen LogP) is 2.33. The minimum atomic E-state index is 0.104. The second-order valence-corrected chi connectivity index (χ2v) is 4.28. The Morgan fingerprint density at radius 2 is 1.90 bits per heavy atom. The van der Waals surface area contributed by atoms with Crippen LogP contribution in [0, 0.1) is 22.7 Å². The van der Waals surface area contributed by atoms with E-state index in [-0.39, 0.29) is 17.9 Å². The molecule has 0 N–H and O–H groups in total. The lowest BCUT2D eigenvalue weighted by molar-refractivity contribution is 0.487. The molecule has 3 aromatic rings. The van der Waals surface area contributed by atoms with E-state index in [2.05, 4.69) is 9.97 Å². The Kier molecular flexibility index (Phi) is 3.20. The summed E-state index contributed by atoms with van der Waals surface area (Å²) in [6.45, 7) is 0.254. The van der Waals surface area contributed by atoms with Crippen molar-refractivity contribution in [3.8, 4) is 23.5 Å². The molecule has 0 saturated carbocycles. The van der Waals surface area contributed by atoms with Crippen LogP contribution in [0.25, 0.3) is 11.3 Å².